The van der Waals surface area contributed by atoms with Gasteiger partial charge in [-0.25, -0.2) is 4.39 Å². The Kier molecular flexibility index (Phi) is 4.68. The van der Waals surface area contributed by atoms with Crippen molar-refractivity contribution in [2.75, 3.05) is 6.61 Å². The monoisotopic (exact) mass is 278 g/mol. The number of Topliss-reactive ketones (excluding diaryl/α,β-unsaturated/α-hetero) is 1. The molecule has 0 aliphatic carbocycles. The van der Waals surface area contributed by atoms with E-state index in [9.17, 15) is 9.18 Å². The topological polar surface area (TPSA) is 26.3 Å². The van der Waals surface area contributed by atoms with Crippen LogP contribution in [0.25, 0.3) is 0 Å². The molecule has 0 atom stereocenters. The van der Waals surface area contributed by atoms with Crippen molar-refractivity contribution >= 4 is 17.1 Å². The lowest BCUT2D eigenvalue weighted by molar-refractivity contribution is 0.0977. The Balaban J connectivity index is 1.78. The summed E-state index contributed by atoms with van der Waals surface area (Å²) >= 11 is 1.44. The smallest absolute Gasteiger partial charge is 0.172 e. The molecule has 100 valence electrons. The van der Waals surface area contributed by atoms with Crippen LogP contribution in [0.3, 0.4) is 0 Å². The zero-order valence-corrected chi connectivity index (χ0v) is 11.5. The normalized spacial score (nSPS) is 10.4. The second kappa shape index (κ2) is 6.48. The highest BCUT2D eigenvalue weighted by Gasteiger charge is 2.08. The SMILES string of the molecule is Cc1cccc(OCCCC(=O)c2cccs2)c1F. The molecule has 19 heavy (non-hydrogen) atoms. The summed E-state index contributed by atoms with van der Waals surface area (Å²) in [6.45, 7) is 2.04. The summed E-state index contributed by atoms with van der Waals surface area (Å²) in [6.07, 6.45) is 1.01. The molecule has 0 fully saturated rings. The number of thiophene rings is 1. The van der Waals surface area contributed by atoms with Gasteiger partial charge in [-0.1, -0.05) is 18.2 Å². The number of ketones is 1. The molecule has 0 saturated heterocycles. The Morgan fingerprint density at radius 2 is 2.16 bits per heavy atom. The molecule has 0 radical (unpaired) electrons. The van der Waals surface area contributed by atoms with Crippen molar-refractivity contribution in [2.24, 2.45) is 0 Å². The minimum atomic E-state index is -0.327. The first kappa shape index (κ1) is 13.7. The second-order valence-electron chi connectivity index (χ2n) is 4.24. The van der Waals surface area contributed by atoms with Crippen molar-refractivity contribution in [2.45, 2.75) is 19.8 Å². The second-order valence-corrected chi connectivity index (χ2v) is 5.19. The minimum Gasteiger partial charge on any atom is -0.490 e. The first-order chi connectivity index (χ1) is 9.18. The first-order valence-corrected chi connectivity index (χ1v) is 7.01. The van der Waals surface area contributed by atoms with Crippen molar-refractivity contribution in [1.82, 2.24) is 0 Å². The molecule has 1 aromatic heterocycles. The maximum atomic E-state index is 13.6. The Bertz CT molecular complexity index is 549. The number of hydrogen-bond donors (Lipinski definition) is 0. The standard InChI is InChI=1S/C15H15FO2S/c1-11-5-2-7-13(15(11)16)18-9-3-6-12(17)14-8-4-10-19-14/h2,4-5,7-8,10H,3,6,9H2,1H3. The summed E-state index contributed by atoms with van der Waals surface area (Å²) in [5.41, 5.74) is 0.562. The van der Waals surface area contributed by atoms with Crippen LogP contribution < -0.4 is 4.74 Å². The molecule has 0 unspecified atom stereocenters. The van der Waals surface area contributed by atoms with E-state index in [1.807, 2.05) is 17.5 Å². The van der Waals surface area contributed by atoms with Gasteiger partial charge in [-0.2, -0.15) is 0 Å². The van der Waals surface area contributed by atoms with Gasteiger partial charge >= 0.3 is 0 Å². The fraction of sp³-hybridized carbons (Fsp3) is 0.267. The van der Waals surface area contributed by atoms with E-state index in [-0.39, 0.29) is 17.3 Å². The molecule has 2 rings (SSSR count). The average Bonchev–Trinajstić information content (AvgIpc) is 2.93. The van der Waals surface area contributed by atoms with Crippen LogP contribution in [0.2, 0.25) is 0 Å². The van der Waals surface area contributed by atoms with Crippen LogP contribution in [-0.4, -0.2) is 12.4 Å². The lowest BCUT2D eigenvalue weighted by Gasteiger charge is -2.07. The number of rotatable bonds is 6. The van der Waals surface area contributed by atoms with E-state index in [0.717, 1.165) is 4.88 Å². The van der Waals surface area contributed by atoms with Crippen LogP contribution in [0.5, 0.6) is 5.75 Å². The molecule has 2 aromatic rings. The Morgan fingerprint density at radius 1 is 1.32 bits per heavy atom. The number of carbonyl (C=O) groups excluding carboxylic acids is 1. The lowest BCUT2D eigenvalue weighted by Crippen LogP contribution is -2.04. The molecule has 0 aliphatic heterocycles. The van der Waals surface area contributed by atoms with Gasteiger partial charge < -0.3 is 4.74 Å². The van der Waals surface area contributed by atoms with Crippen molar-refractivity contribution in [3.8, 4) is 5.75 Å². The molecule has 0 aliphatic rings. The molecule has 0 bridgehead atoms. The first-order valence-electron chi connectivity index (χ1n) is 6.13. The van der Waals surface area contributed by atoms with Gasteiger partial charge in [0, 0.05) is 6.42 Å². The summed E-state index contributed by atoms with van der Waals surface area (Å²) in [4.78, 5) is 12.5. The molecule has 0 saturated carbocycles. The Morgan fingerprint density at radius 3 is 2.89 bits per heavy atom. The highest BCUT2D eigenvalue weighted by molar-refractivity contribution is 7.12. The number of aryl methyl sites for hydroxylation is 1. The van der Waals surface area contributed by atoms with E-state index >= 15 is 0 Å². The van der Waals surface area contributed by atoms with Gasteiger partial charge in [0.15, 0.2) is 17.3 Å². The lowest BCUT2D eigenvalue weighted by atomic mass is 10.2. The predicted molar refractivity (Wildman–Crippen MR) is 74.5 cm³/mol. The molecule has 0 amide bonds. The van der Waals surface area contributed by atoms with Gasteiger partial charge in [0.1, 0.15) is 0 Å². The van der Waals surface area contributed by atoms with Crippen molar-refractivity contribution in [1.29, 1.82) is 0 Å². The van der Waals surface area contributed by atoms with Gasteiger partial charge in [-0.05, 0) is 36.4 Å². The van der Waals surface area contributed by atoms with Crippen LogP contribution in [0, 0.1) is 12.7 Å². The number of hydrogen-bond acceptors (Lipinski definition) is 3. The quantitative estimate of drug-likeness (QED) is 0.583. The van der Waals surface area contributed by atoms with Crippen LogP contribution in [0.1, 0.15) is 28.1 Å². The van der Waals surface area contributed by atoms with Crippen molar-refractivity contribution in [3.63, 3.8) is 0 Å². The minimum absolute atomic E-state index is 0.114. The molecule has 0 N–H and O–H groups in total. The maximum Gasteiger partial charge on any atom is 0.172 e. The summed E-state index contributed by atoms with van der Waals surface area (Å²) in [7, 11) is 0. The Hall–Kier alpha value is -1.68. The third kappa shape index (κ3) is 3.64. The molecular weight excluding hydrogens is 263 g/mol. The van der Waals surface area contributed by atoms with Gasteiger partial charge in [0.2, 0.25) is 0 Å². The fourth-order valence-corrected chi connectivity index (χ4v) is 2.40. The van der Waals surface area contributed by atoms with Crippen LogP contribution in [-0.2, 0) is 0 Å². The van der Waals surface area contributed by atoms with E-state index in [1.165, 1.54) is 11.3 Å². The summed E-state index contributed by atoms with van der Waals surface area (Å²) in [5.74, 6) is 0.0407. The van der Waals surface area contributed by atoms with Crippen LogP contribution >= 0.6 is 11.3 Å². The molecule has 0 spiro atoms. The number of ether oxygens (including phenoxy) is 1. The molecule has 4 heteroatoms. The van der Waals surface area contributed by atoms with Crippen molar-refractivity contribution < 1.29 is 13.9 Å². The van der Waals surface area contributed by atoms with Crippen LogP contribution in [0.4, 0.5) is 4.39 Å². The third-order valence-electron chi connectivity index (χ3n) is 2.76. The number of halogens is 1. The highest BCUT2D eigenvalue weighted by atomic mass is 32.1. The van der Waals surface area contributed by atoms with Crippen LogP contribution in [0.15, 0.2) is 35.7 Å². The highest BCUT2D eigenvalue weighted by Crippen LogP contribution is 2.20. The van der Waals surface area contributed by atoms with Crippen molar-refractivity contribution in [3.05, 3.63) is 52.0 Å². The van der Waals surface area contributed by atoms with Gasteiger partial charge in [0.25, 0.3) is 0 Å². The fourth-order valence-electron chi connectivity index (χ4n) is 1.71. The van der Waals surface area contributed by atoms with E-state index in [0.29, 0.717) is 25.0 Å². The molecule has 1 heterocycles. The third-order valence-corrected chi connectivity index (χ3v) is 3.67. The largest absolute Gasteiger partial charge is 0.490 e. The van der Waals surface area contributed by atoms with Gasteiger partial charge in [-0.3, -0.25) is 4.79 Å². The van der Waals surface area contributed by atoms with Gasteiger partial charge in [0.05, 0.1) is 11.5 Å². The van der Waals surface area contributed by atoms with Gasteiger partial charge in [-0.15, -0.1) is 11.3 Å². The van der Waals surface area contributed by atoms with E-state index in [1.54, 1.807) is 25.1 Å². The zero-order chi connectivity index (χ0) is 13.7. The molecular formula is C15H15FO2S. The average molecular weight is 278 g/mol. The van der Waals surface area contributed by atoms with E-state index < -0.39 is 0 Å². The maximum absolute atomic E-state index is 13.6. The number of carbonyl (C=O) groups is 1. The van der Waals surface area contributed by atoms with E-state index in [2.05, 4.69) is 0 Å². The Labute approximate surface area is 115 Å². The predicted octanol–water partition coefficient (Wildman–Crippen LogP) is 4.24. The molecule has 1 aromatic carbocycles. The summed E-state index contributed by atoms with van der Waals surface area (Å²) in [5, 5.41) is 1.88. The van der Waals surface area contributed by atoms with E-state index in [4.69, 9.17) is 4.74 Å². The summed E-state index contributed by atoms with van der Waals surface area (Å²) < 4.78 is 19.0. The zero-order valence-electron chi connectivity index (χ0n) is 10.7. The summed E-state index contributed by atoms with van der Waals surface area (Å²) in [6, 6.07) is 8.72. The molecule has 2 nitrogen and oxygen atoms in total. The number of benzene rings is 1.